The number of rotatable bonds is 5. The average molecular weight is 244 g/mol. The summed E-state index contributed by atoms with van der Waals surface area (Å²) in [6, 6.07) is 0.127. The van der Waals surface area contributed by atoms with Crippen LogP contribution in [0.15, 0.2) is 11.2 Å². The zero-order valence-corrected chi connectivity index (χ0v) is 10.2. The van der Waals surface area contributed by atoms with E-state index in [0.29, 0.717) is 5.94 Å². The van der Waals surface area contributed by atoms with E-state index in [1.807, 2.05) is 6.26 Å². The lowest BCUT2D eigenvalue weighted by Crippen LogP contribution is -2.07. The normalized spacial score (nSPS) is 10.8. The van der Waals surface area contributed by atoms with Gasteiger partial charge < -0.3 is 9.64 Å². The van der Waals surface area contributed by atoms with Gasteiger partial charge in [0.2, 0.25) is 0 Å². The second kappa shape index (κ2) is 6.26. The van der Waals surface area contributed by atoms with Crippen molar-refractivity contribution in [2.24, 2.45) is 4.99 Å². The first-order valence-electron chi connectivity index (χ1n) is 4.48. The number of aromatic nitrogens is 2. The molecule has 1 aromatic heterocycles. The Morgan fingerprint density at radius 2 is 2.38 bits per heavy atom. The van der Waals surface area contributed by atoms with Crippen LogP contribution >= 0.6 is 11.8 Å². The zero-order chi connectivity index (χ0) is 12.0. The molecular weight excluding hydrogens is 231 g/mol. The smallest absolute Gasteiger partial charge is 0.319 e. The molecule has 0 saturated carbocycles. The Morgan fingerprint density at radius 1 is 1.62 bits per heavy atom. The lowest BCUT2D eigenvalue weighted by molar-refractivity contribution is 0.358. The maximum absolute atomic E-state index is 13.2. The number of aliphatic imine (C=N–C) groups is 1. The van der Waals surface area contributed by atoms with Gasteiger partial charge in [-0.25, -0.2) is 14.4 Å². The first-order valence-corrected chi connectivity index (χ1v) is 5.87. The van der Waals surface area contributed by atoms with Crippen LogP contribution in [0.4, 0.5) is 10.2 Å². The molecule has 0 fully saturated rings. The average Bonchev–Trinajstić information content (AvgIpc) is 2.26. The third-order valence-corrected chi connectivity index (χ3v) is 1.77. The minimum absolute atomic E-state index is 0.0280. The molecule has 0 aliphatic carbocycles. The molecule has 0 aliphatic heterocycles. The Labute approximate surface area is 97.8 Å². The van der Waals surface area contributed by atoms with Crippen molar-refractivity contribution in [1.82, 2.24) is 14.9 Å². The van der Waals surface area contributed by atoms with Gasteiger partial charge in [-0.15, -0.1) is 11.8 Å². The summed E-state index contributed by atoms with van der Waals surface area (Å²) in [5.41, 5.74) is 0. The van der Waals surface area contributed by atoms with Gasteiger partial charge in [0.1, 0.15) is 5.94 Å². The van der Waals surface area contributed by atoms with Gasteiger partial charge in [0.25, 0.3) is 0 Å². The Hall–Kier alpha value is -1.37. The fourth-order valence-corrected chi connectivity index (χ4v) is 1.01. The van der Waals surface area contributed by atoms with Gasteiger partial charge in [-0.3, -0.25) is 0 Å². The van der Waals surface area contributed by atoms with Gasteiger partial charge in [-0.1, -0.05) is 0 Å². The van der Waals surface area contributed by atoms with Crippen LogP contribution in [-0.2, 0) is 0 Å². The first-order chi connectivity index (χ1) is 7.63. The summed E-state index contributed by atoms with van der Waals surface area (Å²) in [6.07, 6.45) is 4.39. The maximum Gasteiger partial charge on any atom is 0.319 e. The molecule has 0 amide bonds. The number of ether oxygens (including phenoxy) is 1. The van der Waals surface area contributed by atoms with Gasteiger partial charge in [0, 0.05) is 14.1 Å². The Morgan fingerprint density at radius 3 is 3.00 bits per heavy atom. The zero-order valence-electron chi connectivity index (χ0n) is 9.35. The summed E-state index contributed by atoms with van der Waals surface area (Å²) in [5, 5.41) is 0. The minimum atomic E-state index is -0.574. The van der Waals surface area contributed by atoms with Crippen LogP contribution in [0, 0.1) is 5.82 Å². The summed E-state index contributed by atoms with van der Waals surface area (Å²) in [5.74, 6) is -0.183. The molecule has 7 heteroatoms. The molecule has 0 unspecified atom stereocenters. The van der Waals surface area contributed by atoms with Crippen molar-refractivity contribution in [2.75, 3.05) is 26.3 Å². The highest BCUT2D eigenvalue weighted by Gasteiger charge is 2.06. The molecule has 0 aliphatic rings. The number of halogens is 1. The van der Waals surface area contributed by atoms with E-state index in [2.05, 4.69) is 15.0 Å². The van der Waals surface area contributed by atoms with E-state index in [9.17, 15) is 4.39 Å². The standard InChI is InChI=1S/C9H13FN4OS/c1-14(2)5-12-8-7(10)4-11-9(13-8)15-6-16-3/h4-5H,6H2,1-3H3/b12-5+. The summed E-state index contributed by atoms with van der Waals surface area (Å²) in [7, 11) is 3.57. The van der Waals surface area contributed by atoms with Crippen molar-refractivity contribution < 1.29 is 9.13 Å². The van der Waals surface area contributed by atoms with E-state index in [-0.39, 0.29) is 11.8 Å². The van der Waals surface area contributed by atoms with Gasteiger partial charge in [-0.05, 0) is 6.26 Å². The Bertz CT molecular complexity index is 373. The van der Waals surface area contributed by atoms with Gasteiger partial charge in [0.05, 0.1) is 12.5 Å². The number of hydrogen-bond donors (Lipinski definition) is 0. The van der Waals surface area contributed by atoms with Gasteiger partial charge in [0.15, 0.2) is 11.6 Å². The van der Waals surface area contributed by atoms with E-state index in [0.717, 1.165) is 6.20 Å². The van der Waals surface area contributed by atoms with Crippen LogP contribution in [0.2, 0.25) is 0 Å². The summed E-state index contributed by atoms with van der Waals surface area (Å²) >= 11 is 1.48. The van der Waals surface area contributed by atoms with Gasteiger partial charge in [-0.2, -0.15) is 4.98 Å². The molecule has 1 rings (SSSR count). The molecule has 88 valence electrons. The van der Waals surface area contributed by atoms with Crippen molar-refractivity contribution >= 4 is 23.9 Å². The van der Waals surface area contributed by atoms with E-state index in [1.165, 1.54) is 18.1 Å². The van der Waals surface area contributed by atoms with E-state index >= 15 is 0 Å². The minimum Gasteiger partial charge on any atom is -0.452 e. The van der Waals surface area contributed by atoms with E-state index in [4.69, 9.17) is 4.74 Å². The molecule has 1 heterocycles. The predicted molar refractivity (Wildman–Crippen MR) is 62.8 cm³/mol. The summed E-state index contributed by atoms with van der Waals surface area (Å²) in [4.78, 5) is 13.1. The van der Waals surface area contributed by atoms with E-state index < -0.39 is 5.82 Å². The van der Waals surface area contributed by atoms with Crippen LogP contribution in [0.25, 0.3) is 0 Å². The fraction of sp³-hybridized carbons (Fsp3) is 0.444. The third-order valence-electron chi connectivity index (χ3n) is 1.42. The fourth-order valence-electron chi connectivity index (χ4n) is 0.784. The third kappa shape index (κ3) is 4.01. The molecule has 16 heavy (non-hydrogen) atoms. The molecule has 1 aromatic rings. The summed E-state index contributed by atoms with van der Waals surface area (Å²) in [6.45, 7) is 0. The second-order valence-electron chi connectivity index (χ2n) is 3.08. The number of hydrogen-bond acceptors (Lipinski definition) is 5. The predicted octanol–water partition coefficient (Wildman–Crippen LogP) is 1.54. The highest BCUT2D eigenvalue weighted by atomic mass is 32.2. The number of nitrogens with zero attached hydrogens (tertiary/aromatic N) is 4. The first kappa shape index (κ1) is 12.7. The monoisotopic (exact) mass is 244 g/mol. The highest BCUT2D eigenvalue weighted by molar-refractivity contribution is 7.98. The topological polar surface area (TPSA) is 50.6 Å². The molecule has 5 nitrogen and oxygen atoms in total. The van der Waals surface area contributed by atoms with Crippen LogP contribution in [-0.4, -0.2) is 47.5 Å². The Kier molecular flexibility index (Phi) is 4.97. The lowest BCUT2D eigenvalue weighted by atomic mass is 10.5. The van der Waals surface area contributed by atoms with E-state index in [1.54, 1.807) is 19.0 Å². The number of thioether (sulfide) groups is 1. The molecule has 0 atom stereocenters. The molecule has 0 bridgehead atoms. The SMILES string of the molecule is CSCOc1ncc(F)c(/N=C/N(C)C)n1. The van der Waals surface area contributed by atoms with Crippen molar-refractivity contribution in [3.8, 4) is 6.01 Å². The molecule has 0 spiro atoms. The second-order valence-corrected chi connectivity index (χ2v) is 3.90. The van der Waals surface area contributed by atoms with Crippen molar-refractivity contribution in [2.45, 2.75) is 0 Å². The molecule has 0 radical (unpaired) electrons. The van der Waals surface area contributed by atoms with Crippen LogP contribution in [0.3, 0.4) is 0 Å². The quantitative estimate of drug-likeness (QED) is 0.446. The van der Waals surface area contributed by atoms with Crippen molar-refractivity contribution in [1.29, 1.82) is 0 Å². The molecular formula is C9H13FN4OS. The maximum atomic E-state index is 13.2. The largest absolute Gasteiger partial charge is 0.452 e. The van der Waals surface area contributed by atoms with Crippen LogP contribution < -0.4 is 4.74 Å². The summed E-state index contributed by atoms with van der Waals surface area (Å²) < 4.78 is 18.4. The highest BCUT2D eigenvalue weighted by Crippen LogP contribution is 2.16. The van der Waals surface area contributed by atoms with Crippen LogP contribution in [0.1, 0.15) is 0 Å². The van der Waals surface area contributed by atoms with Crippen molar-refractivity contribution in [3.05, 3.63) is 12.0 Å². The molecule has 0 aromatic carbocycles. The lowest BCUT2D eigenvalue weighted by Gasteiger charge is -2.04. The van der Waals surface area contributed by atoms with Crippen LogP contribution in [0.5, 0.6) is 6.01 Å². The van der Waals surface area contributed by atoms with Gasteiger partial charge >= 0.3 is 6.01 Å². The molecule has 0 N–H and O–H groups in total. The molecule has 0 saturated heterocycles. The Balaban J connectivity index is 2.81. The van der Waals surface area contributed by atoms with Crippen molar-refractivity contribution in [3.63, 3.8) is 0 Å².